The molecule has 214 valence electrons. The molecule has 0 radical (unpaired) electrons. The first-order valence-corrected chi connectivity index (χ1v) is 13.1. The van der Waals surface area contributed by atoms with E-state index in [0.717, 1.165) is 17.7 Å². The number of rotatable bonds is 8. The Morgan fingerprint density at radius 1 is 1.18 bits per heavy atom. The third-order valence-electron chi connectivity index (χ3n) is 7.12. The lowest BCUT2D eigenvalue weighted by Gasteiger charge is -2.37. The Morgan fingerprint density at radius 3 is 2.62 bits per heavy atom. The number of pyridine rings is 1. The van der Waals surface area contributed by atoms with Crippen molar-refractivity contribution >= 4 is 5.91 Å². The second kappa shape index (κ2) is 12.3. The molecule has 2 heterocycles. The highest BCUT2D eigenvalue weighted by molar-refractivity contribution is 5.98. The molecule has 7 nitrogen and oxygen atoms in total. The fraction of sp³-hybridized carbons (Fsp3) is 0.400. The number of aromatic nitrogens is 1. The lowest BCUT2D eigenvalue weighted by molar-refractivity contribution is -0.137. The van der Waals surface area contributed by atoms with E-state index in [-0.39, 0.29) is 36.4 Å². The molecule has 1 aliphatic heterocycles. The Kier molecular flexibility index (Phi) is 9.00. The van der Waals surface area contributed by atoms with Gasteiger partial charge >= 0.3 is 6.18 Å². The van der Waals surface area contributed by atoms with Crippen molar-refractivity contribution in [3.8, 4) is 22.8 Å². The lowest BCUT2D eigenvalue weighted by atomic mass is 9.99. The Morgan fingerprint density at radius 2 is 1.93 bits per heavy atom. The Labute approximate surface area is 232 Å². The van der Waals surface area contributed by atoms with Gasteiger partial charge in [0, 0.05) is 37.3 Å². The third-order valence-corrected chi connectivity index (χ3v) is 7.12. The number of hydrogen-bond acceptors (Lipinski definition) is 6. The van der Waals surface area contributed by atoms with Crippen molar-refractivity contribution in [1.29, 1.82) is 0 Å². The van der Waals surface area contributed by atoms with Gasteiger partial charge in [-0.05, 0) is 49.4 Å². The zero-order valence-corrected chi connectivity index (χ0v) is 23.0. The highest BCUT2D eigenvalue weighted by Gasteiger charge is 2.35. The van der Waals surface area contributed by atoms with E-state index >= 15 is 0 Å². The van der Waals surface area contributed by atoms with Gasteiger partial charge in [-0.3, -0.25) is 9.69 Å². The summed E-state index contributed by atoms with van der Waals surface area (Å²) >= 11 is 0. The standard InChI is InChI=1S/C30H34F3N3O4/c1-19-15-36(20(2)18-37)29(38)26-13-23(22-8-6-10-25(12-22)39-4)14-34-28(26)40-27(19)17-35(3)16-21-7-5-9-24(11-21)30(31,32)33/h5-14,19-20,27,37H,15-18H2,1-4H3/t19-,20+,27-/m0/s1. The van der Waals surface area contributed by atoms with E-state index in [9.17, 15) is 23.1 Å². The predicted octanol–water partition coefficient (Wildman–Crippen LogP) is 5.13. The number of hydrogen-bond donors (Lipinski definition) is 1. The van der Waals surface area contributed by atoms with Crippen LogP contribution in [0.1, 0.15) is 35.3 Å². The summed E-state index contributed by atoms with van der Waals surface area (Å²) in [6, 6.07) is 14.0. The van der Waals surface area contributed by atoms with E-state index in [1.54, 1.807) is 37.3 Å². The molecule has 0 saturated carbocycles. The molecule has 10 heteroatoms. The maximum absolute atomic E-state index is 13.7. The first-order chi connectivity index (χ1) is 19.0. The zero-order valence-electron chi connectivity index (χ0n) is 23.0. The molecule has 0 unspecified atom stereocenters. The van der Waals surface area contributed by atoms with Crippen molar-refractivity contribution in [1.82, 2.24) is 14.8 Å². The van der Waals surface area contributed by atoms with Gasteiger partial charge in [0.2, 0.25) is 5.88 Å². The molecule has 1 amide bonds. The number of amides is 1. The van der Waals surface area contributed by atoms with Gasteiger partial charge in [-0.1, -0.05) is 37.3 Å². The van der Waals surface area contributed by atoms with Gasteiger partial charge in [0.25, 0.3) is 5.91 Å². The van der Waals surface area contributed by atoms with Crippen molar-refractivity contribution in [2.75, 3.05) is 33.9 Å². The van der Waals surface area contributed by atoms with Crippen molar-refractivity contribution in [3.05, 3.63) is 77.5 Å². The van der Waals surface area contributed by atoms with Gasteiger partial charge in [-0.2, -0.15) is 13.2 Å². The number of aliphatic hydroxyl groups is 1. The molecule has 1 aromatic heterocycles. The lowest BCUT2D eigenvalue weighted by Crippen LogP contribution is -2.49. The minimum absolute atomic E-state index is 0.157. The summed E-state index contributed by atoms with van der Waals surface area (Å²) in [6.45, 7) is 4.50. The van der Waals surface area contributed by atoms with Gasteiger partial charge in [0.05, 0.1) is 25.3 Å². The second-order valence-corrected chi connectivity index (χ2v) is 10.3. The van der Waals surface area contributed by atoms with E-state index in [1.165, 1.54) is 6.07 Å². The van der Waals surface area contributed by atoms with Crippen LogP contribution in [0.4, 0.5) is 13.2 Å². The summed E-state index contributed by atoms with van der Waals surface area (Å²) in [5.74, 6) is 0.391. The molecule has 3 aromatic rings. The summed E-state index contributed by atoms with van der Waals surface area (Å²) in [5, 5.41) is 9.90. The van der Waals surface area contributed by atoms with Crippen LogP contribution in [0.2, 0.25) is 0 Å². The number of benzene rings is 2. The molecule has 2 aromatic carbocycles. The number of fused-ring (bicyclic) bond motifs is 1. The molecule has 0 bridgehead atoms. The molecule has 0 aliphatic carbocycles. The number of aliphatic hydroxyl groups excluding tert-OH is 1. The number of likely N-dealkylation sites (N-methyl/N-ethyl adjacent to an activating group) is 1. The number of carbonyl (C=O) groups is 1. The van der Waals surface area contributed by atoms with E-state index in [1.807, 2.05) is 43.1 Å². The van der Waals surface area contributed by atoms with E-state index < -0.39 is 23.9 Å². The number of halogens is 3. The van der Waals surface area contributed by atoms with Crippen molar-refractivity contribution in [2.45, 2.75) is 38.7 Å². The molecular weight excluding hydrogens is 523 g/mol. The van der Waals surface area contributed by atoms with Crippen LogP contribution in [-0.4, -0.2) is 71.8 Å². The minimum atomic E-state index is -4.41. The Balaban J connectivity index is 1.63. The van der Waals surface area contributed by atoms with Gasteiger partial charge in [0.15, 0.2) is 0 Å². The van der Waals surface area contributed by atoms with Crippen LogP contribution >= 0.6 is 0 Å². The van der Waals surface area contributed by atoms with E-state index in [0.29, 0.717) is 30.0 Å². The van der Waals surface area contributed by atoms with Crippen LogP contribution in [-0.2, 0) is 12.7 Å². The van der Waals surface area contributed by atoms with Crippen LogP contribution in [0.25, 0.3) is 11.1 Å². The van der Waals surface area contributed by atoms with E-state index in [4.69, 9.17) is 9.47 Å². The smallest absolute Gasteiger partial charge is 0.416 e. The van der Waals surface area contributed by atoms with Gasteiger partial charge in [-0.25, -0.2) is 4.98 Å². The number of methoxy groups -OCH3 is 1. The molecule has 3 atom stereocenters. The van der Waals surface area contributed by atoms with Gasteiger partial charge < -0.3 is 19.5 Å². The highest BCUT2D eigenvalue weighted by atomic mass is 19.4. The molecule has 4 rings (SSSR count). The maximum atomic E-state index is 13.7. The van der Waals surface area contributed by atoms with Gasteiger partial charge in [0.1, 0.15) is 17.4 Å². The van der Waals surface area contributed by atoms with E-state index in [2.05, 4.69) is 4.98 Å². The quantitative estimate of drug-likeness (QED) is 0.414. The Bertz CT molecular complexity index is 1330. The number of carbonyl (C=O) groups excluding carboxylic acids is 1. The highest BCUT2D eigenvalue weighted by Crippen LogP contribution is 2.32. The molecule has 0 saturated heterocycles. The van der Waals surface area contributed by atoms with Crippen LogP contribution in [0.5, 0.6) is 11.6 Å². The second-order valence-electron chi connectivity index (χ2n) is 10.3. The topological polar surface area (TPSA) is 75.1 Å². The average molecular weight is 558 g/mol. The number of ether oxygens (including phenoxy) is 2. The van der Waals surface area contributed by atoms with Crippen LogP contribution in [0.15, 0.2) is 60.8 Å². The monoisotopic (exact) mass is 557 g/mol. The maximum Gasteiger partial charge on any atom is 0.416 e. The normalized spacial score (nSPS) is 18.5. The van der Waals surface area contributed by atoms with Crippen LogP contribution in [0, 0.1) is 5.92 Å². The van der Waals surface area contributed by atoms with Crippen LogP contribution < -0.4 is 9.47 Å². The fourth-order valence-corrected chi connectivity index (χ4v) is 4.81. The minimum Gasteiger partial charge on any atom is -0.497 e. The molecule has 1 aliphatic rings. The predicted molar refractivity (Wildman–Crippen MR) is 145 cm³/mol. The average Bonchev–Trinajstić information content (AvgIpc) is 2.94. The molecular formula is C30H34F3N3O4. The molecule has 1 N–H and O–H groups in total. The SMILES string of the molecule is COc1cccc(-c2cnc3c(c2)C(=O)N([C@H](C)CO)C[C@H](C)[C@H](CN(C)Cc2cccc(C(F)(F)F)c2)O3)c1. The molecule has 0 spiro atoms. The van der Waals surface area contributed by atoms with Crippen molar-refractivity contribution in [2.24, 2.45) is 5.92 Å². The Hall–Kier alpha value is -3.63. The summed E-state index contributed by atoms with van der Waals surface area (Å²) in [5.41, 5.74) is 1.64. The zero-order chi connectivity index (χ0) is 29.0. The van der Waals surface area contributed by atoms with Crippen molar-refractivity contribution in [3.63, 3.8) is 0 Å². The molecule has 0 fully saturated rings. The summed E-state index contributed by atoms with van der Waals surface area (Å²) in [7, 11) is 3.39. The summed E-state index contributed by atoms with van der Waals surface area (Å²) < 4.78 is 51.2. The first kappa shape index (κ1) is 29.4. The van der Waals surface area contributed by atoms with Crippen LogP contribution in [0.3, 0.4) is 0 Å². The summed E-state index contributed by atoms with van der Waals surface area (Å²) in [6.07, 6.45) is -3.20. The fourth-order valence-electron chi connectivity index (χ4n) is 4.81. The summed E-state index contributed by atoms with van der Waals surface area (Å²) in [4.78, 5) is 21.7. The number of nitrogens with zero attached hydrogens (tertiary/aromatic N) is 3. The largest absolute Gasteiger partial charge is 0.497 e. The first-order valence-electron chi connectivity index (χ1n) is 13.1. The third kappa shape index (κ3) is 6.74. The van der Waals surface area contributed by atoms with Crippen molar-refractivity contribution < 1.29 is 32.5 Å². The molecule has 40 heavy (non-hydrogen) atoms. The van der Waals surface area contributed by atoms with Gasteiger partial charge in [-0.15, -0.1) is 0 Å². The number of alkyl halides is 3.